The van der Waals surface area contributed by atoms with Gasteiger partial charge in [0, 0.05) is 24.3 Å². The number of sulfonamides is 1. The lowest BCUT2D eigenvalue weighted by Gasteiger charge is -2.30. The van der Waals surface area contributed by atoms with Crippen LogP contribution in [0.4, 0.5) is 5.69 Å². The fraction of sp³-hybridized carbons (Fsp3) is 0.700. The molecule has 1 atom stereocenters. The quantitative estimate of drug-likeness (QED) is 0.703. The van der Waals surface area contributed by atoms with Crippen molar-refractivity contribution in [1.29, 1.82) is 0 Å². The molecule has 7 heteroatoms. The molecular weight excluding hydrogens is 364 g/mol. The molecule has 1 aromatic carbocycles. The van der Waals surface area contributed by atoms with Crippen LogP contribution in [0.15, 0.2) is 18.2 Å². The van der Waals surface area contributed by atoms with Crippen LogP contribution >= 0.6 is 0 Å². The topological polar surface area (TPSA) is 76.7 Å². The van der Waals surface area contributed by atoms with Crippen molar-refractivity contribution in [2.45, 2.75) is 63.7 Å². The van der Waals surface area contributed by atoms with E-state index in [-0.39, 0.29) is 11.3 Å². The monoisotopic (exact) mass is 396 g/mol. The highest BCUT2D eigenvalue weighted by Gasteiger charge is 2.27. The molecule has 1 unspecified atom stereocenters. The summed E-state index contributed by atoms with van der Waals surface area (Å²) in [6.45, 7) is 5.91. The zero-order chi connectivity index (χ0) is 19.3. The highest BCUT2D eigenvalue weighted by molar-refractivity contribution is 7.90. The lowest BCUT2D eigenvalue weighted by atomic mass is 9.86. The summed E-state index contributed by atoms with van der Waals surface area (Å²) in [4.78, 5) is 0. The van der Waals surface area contributed by atoms with Crippen LogP contribution in [0.3, 0.4) is 0 Å². The Morgan fingerprint density at radius 1 is 1.11 bits per heavy atom. The minimum atomic E-state index is -3.20. The summed E-state index contributed by atoms with van der Waals surface area (Å²) in [6.07, 6.45) is 5.49. The van der Waals surface area contributed by atoms with Crippen LogP contribution in [-0.4, -0.2) is 39.5 Å². The van der Waals surface area contributed by atoms with E-state index in [2.05, 4.69) is 10.0 Å². The molecule has 27 heavy (non-hydrogen) atoms. The zero-order valence-electron chi connectivity index (χ0n) is 16.4. The molecule has 1 fully saturated rings. The fourth-order valence-electron chi connectivity index (χ4n) is 3.81. The first-order valence-corrected chi connectivity index (χ1v) is 11.7. The third-order valence-corrected chi connectivity index (χ3v) is 7.50. The SMILES string of the molecule is CCCC(C)S(=O)(=O)NC1CCC(CNc2ccc3c(c2)OCCO3)CC1. The van der Waals surface area contributed by atoms with Gasteiger partial charge in [-0.15, -0.1) is 0 Å². The third kappa shape index (κ3) is 5.51. The van der Waals surface area contributed by atoms with Crippen LogP contribution in [0.2, 0.25) is 0 Å². The standard InChI is InChI=1S/C20H32N2O4S/c1-3-4-15(2)27(23,24)22-17-7-5-16(6-8-17)14-21-18-9-10-19-20(13-18)26-12-11-25-19/h9-10,13,15-17,21-22H,3-8,11-12,14H2,1-2H3. The largest absolute Gasteiger partial charge is 0.486 e. The van der Waals surface area contributed by atoms with Crippen molar-refractivity contribution in [1.82, 2.24) is 4.72 Å². The number of hydrogen-bond donors (Lipinski definition) is 2. The molecule has 0 amide bonds. The summed E-state index contributed by atoms with van der Waals surface area (Å²) in [7, 11) is -3.20. The van der Waals surface area contributed by atoms with Crippen LogP contribution in [0.25, 0.3) is 0 Å². The third-order valence-electron chi connectivity index (χ3n) is 5.54. The molecule has 0 aromatic heterocycles. The van der Waals surface area contributed by atoms with Gasteiger partial charge < -0.3 is 14.8 Å². The Kier molecular flexibility index (Phi) is 6.87. The molecule has 0 radical (unpaired) electrons. The highest BCUT2D eigenvalue weighted by Crippen LogP contribution is 2.33. The second-order valence-corrected chi connectivity index (χ2v) is 9.85. The predicted molar refractivity (Wildman–Crippen MR) is 108 cm³/mol. The molecule has 2 N–H and O–H groups in total. The Morgan fingerprint density at radius 2 is 1.81 bits per heavy atom. The Morgan fingerprint density at radius 3 is 2.52 bits per heavy atom. The summed E-state index contributed by atoms with van der Waals surface area (Å²) >= 11 is 0. The molecule has 1 aliphatic carbocycles. The molecule has 152 valence electrons. The Hall–Kier alpha value is -1.47. The first-order chi connectivity index (χ1) is 13.0. The second-order valence-electron chi connectivity index (χ2n) is 7.72. The van der Waals surface area contributed by atoms with E-state index < -0.39 is 10.0 Å². The van der Waals surface area contributed by atoms with E-state index >= 15 is 0 Å². The molecule has 1 aromatic rings. The van der Waals surface area contributed by atoms with Gasteiger partial charge in [-0.05, 0) is 57.1 Å². The summed E-state index contributed by atoms with van der Waals surface area (Å²) in [5, 5.41) is 3.18. The Balaban J connectivity index is 1.43. The Labute approximate surface area is 163 Å². The molecule has 0 saturated heterocycles. The van der Waals surface area contributed by atoms with E-state index in [1.165, 1.54) is 0 Å². The lowest BCUT2D eigenvalue weighted by molar-refractivity contribution is 0.171. The van der Waals surface area contributed by atoms with Gasteiger partial charge >= 0.3 is 0 Å². The van der Waals surface area contributed by atoms with Gasteiger partial charge in [-0.25, -0.2) is 13.1 Å². The maximum absolute atomic E-state index is 12.4. The van der Waals surface area contributed by atoms with Crippen molar-refractivity contribution in [3.63, 3.8) is 0 Å². The van der Waals surface area contributed by atoms with Crippen molar-refractivity contribution in [3.8, 4) is 11.5 Å². The van der Waals surface area contributed by atoms with Crippen molar-refractivity contribution in [2.75, 3.05) is 25.1 Å². The molecule has 1 saturated carbocycles. The highest BCUT2D eigenvalue weighted by atomic mass is 32.2. The first kappa shape index (κ1) is 20.3. The van der Waals surface area contributed by atoms with Crippen molar-refractivity contribution >= 4 is 15.7 Å². The molecular formula is C20H32N2O4S. The number of fused-ring (bicyclic) bond motifs is 1. The lowest BCUT2D eigenvalue weighted by Crippen LogP contribution is -2.42. The van der Waals surface area contributed by atoms with E-state index in [9.17, 15) is 8.42 Å². The molecule has 6 nitrogen and oxygen atoms in total. The summed E-state index contributed by atoms with van der Waals surface area (Å²) in [5.41, 5.74) is 1.04. The maximum Gasteiger partial charge on any atom is 0.214 e. The number of anilines is 1. The number of nitrogens with one attached hydrogen (secondary N) is 2. The van der Waals surface area contributed by atoms with E-state index in [4.69, 9.17) is 9.47 Å². The molecule has 1 heterocycles. The zero-order valence-corrected chi connectivity index (χ0v) is 17.2. The minimum absolute atomic E-state index is 0.0832. The molecule has 0 spiro atoms. The number of ether oxygens (including phenoxy) is 2. The van der Waals surface area contributed by atoms with Gasteiger partial charge in [0.25, 0.3) is 0 Å². The number of rotatable bonds is 8. The first-order valence-electron chi connectivity index (χ1n) is 10.1. The van der Waals surface area contributed by atoms with Gasteiger partial charge in [0.05, 0.1) is 5.25 Å². The van der Waals surface area contributed by atoms with E-state index in [0.717, 1.165) is 55.8 Å². The molecule has 0 bridgehead atoms. The van der Waals surface area contributed by atoms with E-state index in [1.807, 2.05) is 25.1 Å². The van der Waals surface area contributed by atoms with Gasteiger partial charge in [0.1, 0.15) is 13.2 Å². The van der Waals surface area contributed by atoms with Gasteiger partial charge in [-0.3, -0.25) is 0 Å². The molecule has 3 rings (SSSR count). The van der Waals surface area contributed by atoms with Crippen molar-refractivity contribution < 1.29 is 17.9 Å². The normalized spacial score (nSPS) is 23.6. The second kappa shape index (κ2) is 9.15. The fourth-order valence-corrected chi connectivity index (χ4v) is 5.29. The van der Waals surface area contributed by atoms with E-state index in [1.54, 1.807) is 6.92 Å². The van der Waals surface area contributed by atoms with Crippen molar-refractivity contribution in [2.24, 2.45) is 5.92 Å². The predicted octanol–water partition coefficient (Wildman–Crippen LogP) is 3.54. The van der Waals surface area contributed by atoms with Crippen LogP contribution in [0.1, 0.15) is 52.4 Å². The number of benzene rings is 1. The minimum Gasteiger partial charge on any atom is -0.486 e. The summed E-state index contributed by atoms with van der Waals surface area (Å²) < 4.78 is 38.8. The average molecular weight is 397 g/mol. The van der Waals surface area contributed by atoms with Crippen molar-refractivity contribution in [3.05, 3.63) is 18.2 Å². The van der Waals surface area contributed by atoms with Gasteiger partial charge in [0.2, 0.25) is 10.0 Å². The summed E-state index contributed by atoms with van der Waals surface area (Å²) in [6, 6.07) is 6.03. The average Bonchev–Trinajstić information content (AvgIpc) is 2.67. The summed E-state index contributed by atoms with van der Waals surface area (Å²) in [5.74, 6) is 2.16. The van der Waals surface area contributed by atoms with Gasteiger partial charge in [-0.2, -0.15) is 0 Å². The van der Waals surface area contributed by atoms with Crippen LogP contribution in [0.5, 0.6) is 11.5 Å². The molecule has 2 aliphatic rings. The smallest absolute Gasteiger partial charge is 0.214 e. The van der Waals surface area contributed by atoms with Crippen LogP contribution < -0.4 is 19.5 Å². The van der Waals surface area contributed by atoms with Crippen LogP contribution in [-0.2, 0) is 10.0 Å². The number of hydrogen-bond acceptors (Lipinski definition) is 5. The van der Waals surface area contributed by atoms with E-state index in [0.29, 0.717) is 25.6 Å². The van der Waals surface area contributed by atoms with Crippen LogP contribution in [0, 0.1) is 5.92 Å². The van der Waals surface area contributed by atoms with Gasteiger partial charge in [-0.1, -0.05) is 13.3 Å². The van der Waals surface area contributed by atoms with Gasteiger partial charge in [0.15, 0.2) is 11.5 Å². The maximum atomic E-state index is 12.4. The molecule has 1 aliphatic heterocycles. The Bertz CT molecular complexity index is 715.